The van der Waals surface area contributed by atoms with Gasteiger partial charge in [0.25, 0.3) is 5.91 Å². The standard InChI is InChI=1S/C21H24ClN3O4S/c1-24(30(28,29)19-11-7-17(22)8-12-19)15-20(26)23-18-9-5-16(6-10-18)21(27)25-13-3-2-4-14-25/h5-12H,2-4,13-15H2,1H3,(H,23,26). The molecule has 0 saturated carbocycles. The first-order chi connectivity index (χ1) is 14.3. The Morgan fingerprint density at radius 1 is 1.00 bits per heavy atom. The molecule has 1 saturated heterocycles. The van der Waals surface area contributed by atoms with Crippen molar-refractivity contribution in [3.63, 3.8) is 0 Å². The molecule has 9 heteroatoms. The van der Waals surface area contributed by atoms with Crippen molar-refractivity contribution in [1.82, 2.24) is 9.21 Å². The molecule has 1 aliphatic heterocycles. The van der Waals surface area contributed by atoms with E-state index in [0.717, 1.165) is 36.7 Å². The molecule has 0 spiro atoms. The van der Waals surface area contributed by atoms with Crippen LogP contribution < -0.4 is 5.32 Å². The summed E-state index contributed by atoms with van der Waals surface area (Å²) in [5, 5.41) is 3.09. The number of hydrogen-bond donors (Lipinski definition) is 1. The number of benzene rings is 2. The lowest BCUT2D eigenvalue weighted by molar-refractivity contribution is -0.116. The van der Waals surface area contributed by atoms with E-state index in [1.807, 2.05) is 4.90 Å². The van der Waals surface area contributed by atoms with Crippen LogP contribution in [0.2, 0.25) is 5.02 Å². The number of hydrogen-bond acceptors (Lipinski definition) is 4. The molecule has 0 bridgehead atoms. The van der Waals surface area contributed by atoms with Crippen LogP contribution in [0, 0.1) is 0 Å². The minimum Gasteiger partial charge on any atom is -0.339 e. The molecule has 30 heavy (non-hydrogen) atoms. The number of carbonyl (C=O) groups excluding carboxylic acids is 2. The molecule has 160 valence electrons. The van der Waals surface area contributed by atoms with Crippen molar-refractivity contribution in [2.45, 2.75) is 24.2 Å². The van der Waals surface area contributed by atoms with Crippen molar-refractivity contribution in [3.8, 4) is 0 Å². The first kappa shape index (κ1) is 22.3. The number of likely N-dealkylation sites (N-methyl/N-ethyl adjacent to an activating group) is 1. The summed E-state index contributed by atoms with van der Waals surface area (Å²) in [6.45, 7) is 1.19. The van der Waals surface area contributed by atoms with Crippen LogP contribution in [0.5, 0.6) is 0 Å². The second-order valence-corrected chi connectivity index (χ2v) is 9.67. The highest BCUT2D eigenvalue weighted by atomic mass is 35.5. The van der Waals surface area contributed by atoms with Crippen LogP contribution >= 0.6 is 11.6 Å². The lowest BCUT2D eigenvalue weighted by Crippen LogP contribution is -2.35. The highest BCUT2D eigenvalue weighted by molar-refractivity contribution is 7.89. The van der Waals surface area contributed by atoms with E-state index in [1.165, 1.54) is 31.3 Å². The molecule has 0 unspecified atom stereocenters. The van der Waals surface area contributed by atoms with Gasteiger partial charge in [-0.1, -0.05) is 11.6 Å². The molecular weight excluding hydrogens is 426 g/mol. The Bertz CT molecular complexity index is 1000. The maximum absolute atomic E-state index is 12.6. The van der Waals surface area contributed by atoms with Gasteiger partial charge in [0.1, 0.15) is 0 Å². The van der Waals surface area contributed by atoms with Crippen LogP contribution in [0.15, 0.2) is 53.4 Å². The summed E-state index contributed by atoms with van der Waals surface area (Å²) in [6, 6.07) is 12.4. The number of amides is 2. The molecule has 1 heterocycles. The van der Waals surface area contributed by atoms with E-state index in [2.05, 4.69) is 5.32 Å². The zero-order chi connectivity index (χ0) is 21.7. The fraction of sp³-hybridized carbons (Fsp3) is 0.333. The van der Waals surface area contributed by atoms with Crippen molar-refractivity contribution in [3.05, 3.63) is 59.1 Å². The van der Waals surface area contributed by atoms with E-state index in [1.54, 1.807) is 24.3 Å². The average Bonchev–Trinajstić information content (AvgIpc) is 2.74. The normalized spacial score (nSPS) is 14.6. The molecule has 0 radical (unpaired) electrons. The maximum Gasteiger partial charge on any atom is 0.253 e. The Morgan fingerprint density at radius 2 is 1.60 bits per heavy atom. The van der Waals surface area contributed by atoms with E-state index >= 15 is 0 Å². The van der Waals surface area contributed by atoms with Gasteiger partial charge in [0, 0.05) is 36.4 Å². The van der Waals surface area contributed by atoms with Gasteiger partial charge >= 0.3 is 0 Å². The quantitative estimate of drug-likeness (QED) is 0.733. The highest BCUT2D eigenvalue weighted by Crippen LogP contribution is 2.18. The Morgan fingerprint density at radius 3 is 2.20 bits per heavy atom. The van der Waals surface area contributed by atoms with Crippen molar-refractivity contribution < 1.29 is 18.0 Å². The Labute approximate surface area is 181 Å². The first-order valence-electron chi connectivity index (χ1n) is 9.68. The molecule has 3 rings (SSSR count). The molecule has 1 N–H and O–H groups in total. The predicted molar refractivity (Wildman–Crippen MR) is 116 cm³/mol. The molecule has 1 aliphatic rings. The van der Waals surface area contributed by atoms with Gasteiger partial charge in [0.15, 0.2) is 0 Å². The van der Waals surface area contributed by atoms with Crippen LogP contribution in [-0.4, -0.2) is 56.1 Å². The number of nitrogens with zero attached hydrogens (tertiary/aromatic N) is 2. The summed E-state index contributed by atoms with van der Waals surface area (Å²) in [5.41, 5.74) is 1.06. The average molecular weight is 450 g/mol. The predicted octanol–water partition coefficient (Wildman–Crippen LogP) is 3.23. The number of piperidine rings is 1. The second kappa shape index (κ2) is 9.59. The topological polar surface area (TPSA) is 86.8 Å². The molecule has 1 fully saturated rings. The lowest BCUT2D eigenvalue weighted by atomic mass is 10.1. The van der Waals surface area contributed by atoms with Gasteiger partial charge in [-0.05, 0) is 67.8 Å². The van der Waals surface area contributed by atoms with Crippen molar-refractivity contribution in [2.24, 2.45) is 0 Å². The molecule has 0 aliphatic carbocycles. The number of nitrogens with one attached hydrogen (secondary N) is 1. The summed E-state index contributed by atoms with van der Waals surface area (Å²) in [6.07, 6.45) is 3.19. The molecule has 0 atom stereocenters. The smallest absolute Gasteiger partial charge is 0.253 e. The van der Waals surface area contributed by atoms with Gasteiger partial charge in [0.2, 0.25) is 15.9 Å². The van der Waals surface area contributed by atoms with Crippen LogP contribution in [-0.2, 0) is 14.8 Å². The summed E-state index contributed by atoms with van der Waals surface area (Å²) < 4.78 is 26.1. The lowest BCUT2D eigenvalue weighted by Gasteiger charge is -2.26. The first-order valence-corrected chi connectivity index (χ1v) is 11.5. The van der Waals surface area contributed by atoms with Gasteiger partial charge in [-0.2, -0.15) is 4.31 Å². The summed E-state index contributed by atoms with van der Waals surface area (Å²) in [7, 11) is -2.47. The molecule has 2 amide bonds. The van der Waals surface area contributed by atoms with E-state index < -0.39 is 15.9 Å². The number of rotatable bonds is 6. The van der Waals surface area contributed by atoms with E-state index in [9.17, 15) is 18.0 Å². The van der Waals surface area contributed by atoms with Crippen LogP contribution in [0.1, 0.15) is 29.6 Å². The summed E-state index contributed by atoms with van der Waals surface area (Å²) in [4.78, 5) is 26.7. The third-order valence-electron chi connectivity index (χ3n) is 4.95. The van der Waals surface area contributed by atoms with Crippen molar-refractivity contribution in [2.75, 3.05) is 32.0 Å². The molecule has 7 nitrogen and oxygen atoms in total. The summed E-state index contributed by atoms with van der Waals surface area (Å²) >= 11 is 5.79. The zero-order valence-electron chi connectivity index (χ0n) is 16.7. The summed E-state index contributed by atoms with van der Waals surface area (Å²) in [5.74, 6) is -0.494. The number of halogens is 1. The van der Waals surface area contributed by atoms with Crippen LogP contribution in [0.3, 0.4) is 0 Å². The molecular formula is C21H24ClN3O4S. The molecule has 2 aromatic carbocycles. The van der Waals surface area contributed by atoms with Gasteiger partial charge in [-0.3, -0.25) is 9.59 Å². The third kappa shape index (κ3) is 5.38. The van der Waals surface area contributed by atoms with Gasteiger partial charge in [-0.25, -0.2) is 8.42 Å². The zero-order valence-corrected chi connectivity index (χ0v) is 18.2. The minimum atomic E-state index is -3.81. The number of anilines is 1. The monoisotopic (exact) mass is 449 g/mol. The SMILES string of the molecule is CN(CC(=O)Nc1ccc(C(=O)N2CCCCC2)cc1)S(=O)(=O)c1ccc(Cl)cc1. The van der Waals surface area contributed by atoms with E-state index in [0.29, 0.717) is 16.3 Å². The fourth-order valence-electron chi connectivity index (χ4n) is 3.25. The largest absolute Gasteiger partial charge is 0.339 e. The molecule has 0 aromatic heterocycles. The second-order valence-electron chi connectivity index (χ2n) is 7.19. The van der Waals surface area contributed by atoms with Gasteiger partial charge in [-0.15, -0.1) is 0 Å². The van der Waals surface area contributed by atoms with Gasteiger partial charge < -0.3 is 10.2 Å². The van der Waals surface area contributed by atoms with Crippen LogP contribution in [0.4, 0.5) is 5.69 Å². The number of carbonyl (C=O) groups is 2. The number of sulfonamides is 1. The van der Waals surface area contributed by atoms with E-state index in [4.69, 9.17) is 11.6 Å². The third-order valence-corrected chi connectivity index (χ3v) is 7.02. The Hall–Kier alpha value is -2.42. The highest BCUT2D eigenvalue weighted by Gasteiger charge is 2.23. The minimum absolute atomic E-state index is 0.0126. The van der Waals surface area contributed by atoms with Crippen LogP contribution in [0.25, 0.3) is 0 Å². The maximum atomic E-state index is 12.6. The van der Waals surface area contributed by atoms with Crippen molar-refractivity contribution >= 4 is 39.1 Å². The van der Waals surface area contributed by atoms with Crippen molar-refractivity contribution in [1.29, 1.82) is 0 Å². The fourth-order valence-corrected chi connectivity index (χ4v) is 4.50. The van der Waals surface area contributed by atoms with E-state index in [-0.39, 0.29) is 17.3 Å². The Balaban J connectivity index is 1.59. The number of likely N-dealkylation sites (tertiary alicyclic amines) is 1. The Kier molecular flexibility index (Phi) is 7.12. The molecule has 2 aromatic rings. The van der Waals surface area contributed by atoms with Gasteiger partial charge in [0.05, 0.1) is 11.4 Å².